The zero-order valence-corrected chi connectivity index (χ0v) is 19.9. The Morgan fingerprint density at radius 1 is 0.944 bits per heavy atom. The molecule has 1 heterocycles. The number of aromatic hydroxyl groups is 1. The topological polar surface area (TPSA) is 129 Å². The number of anilines is 1. The number of carbonyl (C=O) groups is 2. The summed E-state index contributed by atoms with van der Waals surface area (Å²) in [6.07, 6.45) is 1.89. The Hall–Kier alpha value is -4.66. The molecule has 0 aliphatic heterocycles. The summed E-state index contributed by atoms with van der Waals surface area (Å²) in [6.45, 7) is 5.08. The minimum Gasteiger partial charge on any atom is -0.505 e. The monoisotopic (exact) mass is 486 g/mol. The van der Waals surface area contributed by atoms with E-state index in [9.17, 15) is 14.7 Å². The van der Waals surface area contributed by atoms with Crippen molar-refractivity contribution in [2.45, 2.75) is 26.8 Å². The molecule has 0 atom stereocenters. The maximum Gasteiger partial charge on any atom is 0.343 e. The highest BCUT2D eigenvalue weighted by Gasteiger charge is 2.18. The first kappa shape index (κ1) is 24.5. The van der Waals surface area contributed by atoms with E-state index >= 15 is 0 Å². The van der Waals surface area contributed by atoms with E-state index in [1.807, 2.05) is 55.1 Å². The Bertz CT molecular complexity index is 1410. The van der Waals surface area contributed by atoms with Crippen molar-refractivity contribution in [1.82, 2.24) is 15.0 Å². The van der Waals surface area contributed by atoms with Crippen LogP contribution in [0.4, 0.5) is 5.69 Å². The minimum absolute atomic E-state index is 0.0954. The maximum absolute atomic E-state index is 11.2. The lowest BCUT2D eigenvalue weighted by Gasteiger charge is -2.24. The molecule has 0 spiro atoms. The standard InChI is InChI=1S/C27H26N4O5/c1-3-17-13-19(25(32)24(15-17)31-28-22-7-5-6-8-23(22)29-31)16-30(4-2)20-11-9-18(10-12-20)14-21(26(33)34)27(35)36/h5-15,32H,3-4,16H2,1-2H3,(H,33,34)(H,35,36). The van der Waals surface area contributed by atoms with Crippen molar-refractivity contribution in [3.05, 3.63) is 82.9 Å². The van der Waals surface area contributed by atoms with Crippen LogP contribution in [0.15, 0.2) is 66.2 Å². The van der Waals surface area contributed by atoms with Crippen LogP contribution in [0, 0.1) is 0 Å². The second kappa shape index (κ2) is 10.3. The van der Waals surface area contributed by atoms with Gasteiger partial charge in [0.05, 0.1) is 0 Å². The van der Waals surface area contributed by atoms with E-state index in [1.165, 1.54) is 4.80 Å². The first-order valence-corrected chi connectivity index (χ1v) is 11.5. The number of carboxylic acids is 2. The minimum atomic E-state index is -1.50. The number of carboxylic acid groups (broad SMARTS) is 2. The molecule has 0 aliphatic rings. The predicted molar refractivity (Wildman–Crippen MR) is 136 cm³/mol. The number of hydrogen-bond donors (Lipinski definition) is 3. The molecule has 36 heavy (non-hydrogen) atoms. The first-order chi connectivity index (χ1) is 17.3. The molecule has 184 valence electrons. The second-order valence-corrected chi connectivity index (χ2v) is 8.23. The number of phenols is 1. The largest absolute Gasteiger partial charge is 0.505 e. The summed E-state index contributed by atoms with van der Waals surface area (Å²) in [6, 6.07) is 18.3. The van der Waals surface area contributed by atoms with Gasteiger partial charge in [-0.1, -0.05) is 37.3 Å². The van der Waals surface area contributed by atoms with Crippen molar-refractivity contribution in [1.29, 1.82) is 0 Å². The van der Waals surface area contributed by atoms with Gasteiger partial charge >= 0.3 is 11.9 Å². The van der Waals surface area contributed by atoms with Crippen molar-refractivity contribution in [3.8, 4) is 11.4 Å². The van der Waals surface area contributed by atoms with Gasteiger partial charge in [-0.05, 0) is 60.9 Å². The summed E-state index contributed by atoms with van der Waals surface area (Å²) >= 11 is 0. The van der Waals surface area contributed by atoms with Crippen molar-refractivity contribution in [3.63, 3.8) is 0 Å². The molecule has 0 radical (unpaired) electrons. The second-order valence-electron chi connectivity index (χ2n) is 8.23. The highest BCUT2D eigenvalue weighted by atomic mass is 16.4. The smallest absolute Gasteiger partial charge is 0.343 e. The average molecular weight is 487 g/mol. The maximum atomic E-state index is 11.2. The Labute approximate surface area is 207 Å². The molecule has 9 heteroatoms. The first-order valence-electron chi connectivity index (χ1n) is 11.5. The highest BCUT2D eigenvalue weighted by molar-refractivity contribution is 6.16. The zero-order valence-electron chi connectivity index (χ0n) is 19.9. The van der Waals surface area contributed by atoms with Crippen LogP contribution in [0.1, 0.15) is 30.5 Å². The van der Waals surface area contributed by atoms with E-state index in [1.54, 1.807) is 24.3 Å². The molecule has 4 rings (SSSR count). The number of aromatic nitrogens is 3. The molecule has 0 saturated heterocycles. The van der Waals surface area contributed by atoms with E-state index in [-0.39, 0.29) is 5.75 Å². The van der Waals surface area contributed by atoms with Gasteiger partial charge in [0.15, 0.2) is 0 Å². The Balaban J connectivity index is 1.66. The van der Waals surface area contributed by atoms with Gasteiger partial charge in [0.25, 0.3) is 0 Å². The average Bonchev–Trinajstić information content (AvgIpc) is 3.31. The van der Waals surface area contributed by atoms with Crippen LogP contribution in [0.3, 0.4) is 0 Å². The molecular formula is C27H26N4O5. The number of rotatable bonds is 9. The fourth-order valence-electron chi connectivity index (χ4n) is 3.94. The molecule has 0 aliphatic carbocycles. The number of aryl methyl sites for hydroxylation is 1. The summed E-state index contributed by atoms with van der Waals surface area (Å²) in [7, 11) is 0. The predicted octanol–water partition coefficient (Wildman–Crippen LogP) is 4.27. The third-order valence-electron chi connectivity index (χ3n) is 5.91. The van der Waals surface area contributed by atoms with Crippen molar-refractivity contribution >= 4 is 34.7 Å². The third-order valence-corrected chi connectivity index (χ3v) is 5.91. The van der Waals surface area contributed by atoms with E-state index in [2.05, 4.69) is 10.2 Å². The van der Waals surface area contributed by atoms with Gasteiger partial charge in [-0.3, -0.25) is 0 Å². The molecule has 0 saturated carbocycles. The quantitative estimate of drug-likeness (QED) is 0.182. The molecule has 0 bridgehead atoms. The van der Waals surface area contributed by atoms with E-state index < -0.39 is 17.5 Å². The molecule has 0 fully saturated rings. The van der Waals surface area contributed by atoms with Crippen LogP contribution in [-0.4, -0.2) is 48.8 Å². The number of nitrogens with zero attached hydrogens (tertiary/aromatic N) is 4. The van der Waals surface area contributed by atoms with E-state index in [0.29, 0.717) is 24.3 Å². The molecular weight excluding hydrogens is 460 g/mol. The van der Waals surface area contributed by atoms with Crippen LogP contribution in [0.25, 0.3) is 22.8 Å². The molecule has 0 amide bonds. The number of hydrogen-bond acceptors (Lipinski definition) is 6. The van der Waals surface area contributed by atoms with Gasteiger partial charge in [0.2, 0.25) is 0 Å². The van der Waals surface area contributed by atoms with Gasteiger partial charge in [-0.2, -0.15) is 0 Å². The number of phenolic OH excluding ortho intramolecular Hbond substituents is 1. The fraction of sp³-hybridized carbons (Fsp3) is 0.185. The van der Waals surface area contributed by atoms with E-state index in [0.717, 1.165) is 40.3 Å². The lowest BCUT2D eigenvalue weighted by atomic mass is 10.0. The van der Waals surface area contributed by atoms with E-state index in [4.69, 9.17) is 10.2 Å². The van der Waals surface area contributed by atoms with Crippen LogP contribution >= 0.6 is 0 Å². The van der Waals surface area contributed by atoms with Crippen molar-refractivity contribution in [2.75, 3.05) is 11.4 Å². The summed E-state index contributed by atoms with van der Waals surface area (Å²) in [5, 5.41) is 38.4. The lowest BCUT2D eigenvalue weighted by Crippen LogP contribution is -2.22. The Morgan fingerprint density at radius 3 is 2.08 bits per heavy atom. The molecule has 0 unspecified atom stereocenters. The Morgan fingerprint density at radius 2 is 1.56 bits per heavy atom. The highest BCUT2D eigenvalue weighted by Crippen LogP contribution is 2.31. The van der Waals surface area contributed by atoms with Gasteiger partial charge in [-0.15, -0.1) is 15.0 Å². The lowest BCUT2D eigenvalue weighted by molar-refractivity contribution is -0.140. The van der Waals surface area contributed by atoms with Crippen LogP contribution in [0.2, 0.25) is 0 Å². The van der Waals surface area contributed by atoms with Crippen molar-refractivity contribution in [2.24, 2.45) is 0 Å². The molecule has 3 aromatic carbocycles. The van der Waals surface area contributed by atoms with Crippen molar-refractivity contribution < 1.29 is 24.9 Å². The van der Waals surface area contributed by atoms with Gasteiger partial charge in [0.1, 0.15) is 28.0 Å². The number of fused-ring (bicyclic) bond motifs is 1. The summed E-state index contributed by atoms with van der Waals surface area (Å²) < 4.78 is 0. The Kier molecular flexibility index (Phi) is 7.00. The van der Waals surface area contributed by atoms with Gasteiger partial charge in [-0.25, -0.2) is 9.59 Å². The molecule has 4 aromatic rings. The van der Waals surface area contributed by atoms with Crippen LogP contribution in [0.5, 0.6) is 5.75 Å². The zero-order chi connectivity index (χ0) is 25.8. The summed E-state index contributed by atoms with van der Waals surface area (Å²) in [5.74, 6) is -2.90. The summed E-state index contributed by atoms with van der Waals surface area (Å²) in [4.78, 5) is 25.8. The number of aliphatic carboxylic acids is 2. The normalized spacial score (nSPS) is 10.8. The number of benzene rings is 3. The third kappa shape index (κ3) is 5.05. The van der Waals surface area contributed by atoms with Crippen LogP contribution in [-0.2, 0) is 22.6 Å². The molecule has 9 nitrogen and oxygen atoms in total. The SMILES string of the molecule is CCc1cc(CN(CC)c2ccc(C=C(C(=O)O)C(=O)O)cc2)c(O)c(-n2nc3ccccc3n2)c1. The summed E-state index contributed by atoms with van der Waals surface area (Å²) in [5.41, 5.74) is 4.33. The molecule has 1 aromatic heterocycles. The fourth-order valence-corrected chi connectivity index (χ4v) is 3.94. The van der Waals surface area contributed by atoms with Gasteiger partial charge < -0.3 is 20.2 Å². The van der Waals surface area contributed by atoms with Crippen LogP contribution < -0.4 is 4.90 Å². The molecule has 3 N–H and O–H groups in total. The van der Waals surface area contributed by atoms with Gasteiger partial charge in [0, 0.05) is 24.3 Å².